The Hall–Kier alpha value is -4.75. The van der Waals surface area contributed by atoms with Gasteiger partial charge in [0.1, 0.15) is 18.3 Å². The molecule has 1 unspecified atom stereocenters. The minimum atomic E-state index is -4.55. The summed E-state index contributed by atoms with van der Waals surface area (Å²) in [6.45, 7) is 6.31. The van der Waals surface area contributed by atoms with Crippen LogP contribution < -0.4 is 14.4 Å². The molecule has 4 aromatic rings. The highest BCUT2D eigenvalue weighted by Crippen LogP contribution is 2.30. The van der Waals surface area contributed by atoms with E-state index in [9.17, 15) is 28.1 Å². The van der Waals surface area contributed by atoms with Crippen molar-refractivity contribution in [3.05, 3.63) is 128 Å². The number of carbonyl (C=O) groups excluding carboxylic acids is 2. The van der Waals surface area contributed by atoms with Crippen molar-refractivity contribution in [2.75, 3.05) is 18.0 Å². The monoisotopic (exact) mass is 750 g/mol. The van der Waals surface area contributed by atoms with E-state index in [4.69, 9.17) is 4.74 Å². The van der Waals surface area contributed by atoms with Crippen LogP contribution in [-0.2, 0) is 32.6 Å². The molecule has 0 aliphatic rings. The number of rotatable bonds is 13. The molecule has 0 aliphatic carbocycles. The third kappa shape index (κ3) is 9.67. The van der Waals surface area contributed by atoms with E-state index in [0.29, 0.717) is 11.3 Å². The van der Waals surface area contributed by atoms with E-state index in [1.54, 1.807) is 12.1 Å². The van der Waals surface area contributed by atoms with E-state index in [-0.39, 0.29) is 34.8 Å². The van der Waals surface area contributed by atoms with Gasteiger partial charge in [-0.05, 0) is 81.3 Å². The minimum Gasteiger partial charge on any atom is -0.497 e. The van der Waals surface area contributed by atoms with E-state index in [2.05, 4.69) is 21.2 Å². The summed E-state index contributed by atoms with van der Waals surface area (Å²) in [5.41, 5.74) is 0.922. The summed E-state index contributed by atoms with van der Waals surface area (Å²) in [7, 11) is -3.09. The number of hydrogen-bond acceptors (Lipinski definition) is 7. The van der Waals surface area contributed by atoms with Crippen molar-refractivity contribution in [2.24, 2.45) is 0 Å². The Bertz CT molecular complexity index is 1900. The fourth-order valence-electron chi connectivity index (χ4n) is 5.14. The van der Waals surface area contributed by atoms with Crippen molar-refractivity contribution in [2.45, 2.75) is 57.1 Å². The molecule has 1 atom stereocenters. The maximum Gasteiger partial charge on any atom is 0.273 e. The Balaban J connectivity index is 1.85. The van der Waals surface area contributed by atoms with Crippen LogP contribution in [0.15, 0.2) is 106 Å². The largest absolute Gasteiger partial charge is 0.497 e. The summed E-state index contributed by atoms with van der Waals surface area (Å²) in [5, 5.41) is 14.7. The summed E-state index contributed by atoms with van der Waals surface area (Å²) < 4.78 is 35.6. The molecule has 0 saturated heterocycles. The molecule has 4 aromatic carbocycles. The van der Waals surface area contributed by atoms with Gasteiger partial charge >= 0.3 is 0 Å². The van der Waals surface area contributed by atoms with Crippen LogP contribution in [-0.4, -0.2) is 55.3 Å². The number of methoxy groups -OCH3 is 1. The number of nitrogens with one attached hydrogen (secondary N) is 1. The zero-order chi connectivity index (χ0) is 35.9. The highest BCUT2D eigenvalue weighted by Gasteiger charge is 2.36. The predicted molar refractivity (Wildman–Crippen MR) is 192 cm³/mol. The number of ether oxygens (including phenoxy) is 1. The zero-order valence-corrected chi connectivity index (χ0v) is 30.3. The highest BCUT2D eigenvalue weighted by molar-refractivity contribution is 9.10. The normalized spacial score (nSPS) is 12.1. The van der Waals surface area contributed by atoms with Gasteiger partial charge in [0, 0.05) is 34.6 Å². The number of hydrogen-bond donors (Lipinski definition) is 1. The lowest BCUT2D eigenvalue weighted by molar-refractivity contribution is -0.385. The number of sulfonamides is 1. The maximum atomic E-state index is 14.6. The minimum absolute atomic E-state index is 0.00627. The van der Waals surface area contributed by atoms with Gasteiger partial charge in [0.2, 0.25) is 11.8 Å². The van der Waals surface area contributed by atoms with Crippen LogP contribution in [0.2, 0.25) is 0 Å². The molecule has 0 spiro atoms. The fraction of sp³-hybridized carbons (Fsp3) is 0.278. The number of halogens is 1. The number of nitrogens with zero attached hydrogens (tertiary/aromatic N) is 3. The van der Waals surface area contributed by atoms with Gasteiger partial charge in [-0.1, -0.05) is 64.5 Å². The molecule has 0 aromatic heterocycles. The summed E-state index contributed by atoms with van der Waals surface area (Å²) in [5.74, 6) is -0.610. The molecule has 0 aliphatic heterocycles. The van der Waals surface area contributed by atoms with E-state index in [0.717, 1.165) is 20.4 Å². The fourth-order valence-corrected chi connectivity index (χ4v) is 6.84. The smallest absolute Gasteiger partial charge is 0.273 e. The molecule has 1 N–H and O–H groups in total. The molecule has 258 valence electrons. The molecule has 11 nitrogen and oxygen atoms in total. The number of carbonyl (C=O) groups is 2. The quantitative estimate of drug-likeness (QED) is 0.123. The van der Waals surface area contributed by atoms with E-state index in [1.165, 1.54) is 43.2 Å². The van der Waals surface area contributed by atoms with Crippen molar-refractivity contribution >= 4 is 49.1 Å². The molecule has 4 rings (SSSR count). The Kier molecular flexibility index (Phi) is 11.8. The average Bonchev–Trinajstić information content (AvgIpc) is 3.05. The van der Waals surface area contributed by atoms with Crippen molar-refractivity contribution in [1.29, 1.82) is 0 Å². The van der Waals surface area contributed by atoms with Crippen LogP contribution in [0.25, 0.3) is 0 Å². The Morgan fingerprint density at radius 1 is 0.939 bits per heavy atom. The van der Waals surface area contributed by atoms with Gasteiger partial charge in [-0.2, -0.15) is 0 Å². The van der Waals surface area contributed by atoms with Crippen molar-refractivity contribution in [3.63, 3.8) is 0 Å². The first-order valence-corrected chi connectivity index (χ1v) is 17.6. The number of anilines is 1. The Labute approximate surface area is 295 Å². The van der Waals surface area contributed by atoms with Crippen LogP contribution >= 0.6 is 15.9 Å². The Morgan fingerprint density at radius 2 is 1.57 bits per heavy atom. The zero-order valence-electron chi connectivity index (χ0n) is 27.9. The predicted octanol–water partition coefficient (Wildman–Crippen LogP) is 6.42. The Morgan fingerprint density at radius 3 is 2.14 bits per heavy atom. The van der Waals surface area contributed by atoms with Crippen LogP contribution in [0.1, 0.15) is 37.5 Å². The SMILES string of the molecule is COc1ccc(N(CC(=O)N(Cc2ccc(Br)cc2)C(Cc2ccccc2)C(=O)NC(C)(C)C)S(=O)(=O)c2ccc(C)c([N+](=O)[O-])c2)cc1. The summed E-state index contributed by atoms with van der Waals surface area (Å²) in [6, 6.07) is 25.2. The maximum absolute atomic E-state index is 14.6. The van der Waals surface area contributed by atoms with Gasteiger partial charge in [0.05, 0.1) is 22.6 Å². The molecule has 0 fully saturated rings. The number of nitro groups is 1. The standard InChI is InChI=1S/C36H39BrN4O7S/c1-25-11-20-31(22-32(25)41(44)45)49(46,47)40(29-16-18-30(48-5)19-17-29)24-34(42)39(23-27-12-14-28(37)15-13-27)33(35(43)38-36(2,3)4)21-26-9-7-6-8-10-26/h6-20,22,33H,21,23-24H2,1-5H3,(H,38,43). The van der Waals surface area contributed by atoms with Gasteiger partial charge in [-0.15, -0.1) is 0 Å². The van der Waals surface area contributed by atoms with Gasteiger partial charge in [-0.3, -0.25) is 24.0 Å². The van der Waals surface area contributed by atoms with E-state index < -0.39 is 44.9 Å². The lowest BCUT2D eigenvalue weighted by Gasteiger charge is -2.35. The second kappa shape index (κ2) is 15.6. The third-order valence-electron chi connectivity index (χ3n) is 7.64. The number of aryl methyl sites for hydroxylation is 1. The molecule has 0 saturated carbocycles. The van der Waals surface area contributed by atoms with Crippen LogP contribution in [0.3, 0.4) is 0 Å². The topological polar surface area (TPSA) is 139 Å². The molecule has 2 amide bonds. The van der Waals surface area contributed by atoms with Crippen molar-refractivity contribution < 1.29 is 27.7 Å². The van der Waals surface area contributed by atoms with Gasteiger partial charge in [-0.25, -0.2) is 8.42 Å². The summed E-state index contributed by atoms with van der Waals surface area (Å²) in [4.78, 5) is 40.8. The second-order valence-electron chi connectivity index (χ2n) is 12.5. The molecule has 13 heteroatoms. The molecule has 0 radical (unpaired) electrons. The van der Waals surface area contributed by atoms with Gasteiger partial charge in [0.25, 0.3) is 15.7 Å². The number of nitro benzene ring substituents is 1. The van der Waals surface area contributed by atoms with Crippen molar-refractivity contribution in [1.82, 2.24) is 10.2 Å². The first-order valence-electron chi connectivity index (χ1n) is 15.4. The summed E-state index contributed by atoms with van der Waals surface area (Å²) in [6.07, 6.45) is 0.157. The van der Waals surface area contributed by atoms with Crippen LogP contribution in [0, 0.1) is 17.0 Å². The molecule has 0 bridgehead atoms. The summed E-state index contributed by atoms with van der Waals surface area (Å²) >= 11 is 3.43. The molecular formula is C36H39BrN4O7S. The third-order valence-corrected chi connectivity index (χ3v) is 9.94. The van der Waals surface area contributed by atoms with Gasteiger partial charge in [0.15, 0.2) is 0 Å². The lowest BCUT2D eigenvalue weighted by atomic mass is 10.0. The van der Waals surface area contributed by atoms with E-state index >= 15 is 0 Å². The van der Waals surface area contributed by atoms with Gasteiger partial charge < -0.3 is 15.0 Å². The van der Waals surface area contributed by atoms with Crippen LogP contribution in [0.5, 0.6) is 5.75 Å². The molecule has 0 heterocycles. The number of amides is 2. The average molecular weight is 752 g/mol. The second-order valence-corrected chi connectivity index (χ2v) is 15.3. The lowest BCUT2D eigenvalue weighted by Crippen LogP contribution is -2.56. The molecule has 49 heavy (non-hydrogen) atoms. The highest BCUT2D eigenvalue weighted by atomic mass is 79.9. The first kappa shape index (κ1) is 37.1. The number of benzene rings is 4. The van der Waals surface area contributed by atoms with Crippen LogP contribution in [0.4, 0.5) is 11.4 Å². The first-order chi connectivity index (χ1) is 23.1. The molecular weight excluding hydrogens is 712 g/mol. The van der Waals surface area contributed by atoms with Crippen molar-refractivity contribution in [3.8, 4) is 5.75 Å². The van der Waals surface area contributed by atoms with E-state index in [1.807, 2.05) is 75.4 Å².